The van der Waals surface area contributed by atoms with Gasteiger partial charge in [-0.2, -0.15) is 0 Å². The van der Waals surface area contributed by atoms with Crippen LogP contribution in [0.5, 0.6) is 11.5 Å². The summed E-state index contributed by atoms with van der Waals surface area (Å²) in [6, 6.07) is 15.4. The third-order valence-electron chi connectivity index (χ3n) is 4.22. The summed E-state index contributed by atoms with van der Waals surface area (Å²) < 4.78 is 6.88. The Balaban J connectivity index is 1.40. The highest BCUT2D eigenvalue weighted by molar-refractivity contribution is 9.10. The number of nitrogens with one attached hydrogen (secondary N) is 1. The molecule has 0 saturated carbocycles. The zero-order chi connectivity index (χ0) is 16.1. The molecule has 122 valence electrons. The molecule has 2 aromatic carbocycles. The third kappa shape index (κ3) is 4.62. The Bertz CT molecular complexity index is 605. The van der Waals surface area contributed by atoms with Crippen molar-refractivity contribution in [3.05, 3.63) is 53.0 Å². The molecule has 1 aliphatic heterocycles. The van der Waals surface area contributed by atoms with Gasteiger partial charge in [-0.25, -0.2) is 0 Å². The number of quaternary nitrogens is 1. The van der Waals surface area contributed by atoms with Crippen LogP contribution in [0.3, 0.4) is 0 Å². The highest BCUT2D eigenvalue weighted by atomic mass is 79.9. The molecule has 3 rings (SSSR count). The highest BCUT2D eigenvalue weighted by Gasteiger charge is 2.19. The van der Waals surface area contributed by atoms with E-state index in [0.717, 1.165) is 49.6 Å². The number of hydrogen-bond donors (Lipinski definition) is 2. The van der Waals surface area contributed by atoms with Crippen LogP contribution in [-0.4, -0.2) is 44.4 Å². The predicted octanol–water partition coefficient (Wildman–Crippen LogP) is 1.94. The molecule has 0 aliphatic carbocycles. The largest absolute Gasteiger partial charge is 0.508 e. The molecular weight excluding hydrogens is 356 g/mol. The Morgan fingerprint density at radius 1 is 1.00 bits per heavy atom. The molecule has 4 nitrogen and oxygen atoms in total. The molecule has 2 aromatic rings. The fourth-order valence-electron chi connectivity index (χ4n) is 2.84. The first-order chi connectivity index (χ1) is 11.2. The standard InChI is InChI=1S/C18H21BrN2O2/c19-15-1-7-18(8-2-15)23-14-13-20-9-11-21(12-10-20)16-3-5-17(22)6-4-16/h1-8,22H,9-14H2/p+1. The van der Waals surface area contributed by atoms with Crippen molar-refractivity contribution in [3.8, 4) is 11.5 Å². The molecule has 0 amide bonds. The molecule has 23 heavy (non-hydrogen) atoms. The van der Waals surface area contributed by atoms with E-state index in [9.17, 15) is 5.11 Å². The smallest absolute Gasteiger partial charge is 0.137 e. The number of halogens is 1. The van der Waals surface area contributed by atoms with Crippen molar-refractivity contribution in [2.45, 2.75) is 0 Å². The fourth-order valence-corrected chi connectivity index (χ4v) is 3.10. The summed E-state index contributed by atoms with van der Waals surface area (Å²) in [5.74, 6) is 1.25. The van der Waals surface area contributed by atoms with Crippen LogP contribution < -0.4 is 14.5 Å². The van der Waals surface area contributed by atoms with Gasteiger partial charge in [-0.3, -0.25) is 0 Å². The van der Waals surface area contributed by atoms with Gasteiger partial charge in [0.2, 0.25) is 0 Å². The number of ether oxygens (including phenoxy) is 1. The molecular formula is C18H22BrN2O2+. The van der Waals surface area contributed by atoms with Gasteiger partial charge >= 0.3 is 0 Å². The number of nitrogens with zero attached hydrogens (tertiary/aromatic N) is 1. The number of phenolic OH excluding ortho intramolecular Hbond substituents is 1. The van der Waals surface area contributed by atoms with Crippen LogP contribution in [0.1, 0.15) is 0 Å². The summed E-state index contributed by atoms with van der Waals surface area (Å²) in [6.45, 7) is 6.08. The number of aromatic hydroxyl groups is 1. The number of hydrogen-bond acceptors (Lipinski definition) is 3. The SMILES string of the molecule is Oc1ccc(N2CC[NH+](CCOc3ccc(Br)cc3)CC2)cc1. The first-order valence-corrected chi connectivity index (χ1v) is 8.76. The second-order valence-electron chi connectivity index (χ2n) is 5.81. The molecule has 0 aromatic heterocycles. The second kappa shape index (κ2) is 7.70. The molecule has 1 fully saturated rings. The number of rotatable bonds is 5. The lowest BCUT2D eigenvalue weighted by Crippen LogP contribution is -3.15. The summed E-state index contributed by atoms with van der Waals surface area (Å²) in [5, 5.41) is 9.36. The van der Waals surface area contributed by atoms with Gasteiger partial charge in [0.05, 0.1) is 26.2 Å². The van der Waals surface area contributed by atoms with Crippen LogP contribution in [0, 0.1) is 0 Å². The fraction of sp³-hybridized carbons (Fsp3) is 0.333. The quantitative estimate of drug-likeness (QED) is 0.835. The van der Waals surface area contributed by atoms with Crippen molar-refractivity contribution >= 4 is 21.6 Å². The number of anilines is 1. The van der Waals surface area contributed by atoms with E-state index in [1.54, 1.807) is 17.0 Å². The minimum Gasteiger partial charge on any atom is -0.508 e. The molecule has 0 atom stereocenters. The van der Waals surface area contributed by atoms with Crippen molar-refractivity contribution in [3.63, 3.8) is 0 Å². The van der Waals surface area contributed by atoms with Gasteiger partial charge in [-0.1, -0.05) is 15.9 Å². The molecule has 0 spiro atoms. The van der Waals surface area contributed by atoms with Crippen molar-refractivity contribution in [2.75, 3.05) is 44.2 Å². The number of benzene rings is 2. The monoisotopic (exact) mass is 377 g/mol. The molecule has 0 bridgehead atoms. The predicted molar refractivity (Wildman–Crippen MR) is 95.5 cm³/mol. The number of phenols is 1. The molecule has 0 radical (unpaired) electrons. The Labute approximate surface area is 145 Å². The number of piperazine rings is 1. The Morgan fingerprint density at radius 3 is 2.30 bits per heavy atom. The lowest BCUT2D eigenvalue weighted by Gasteiger charge is -2.33. The van der Waals surface area contributed by atoms with E-state index in [4.69, 9.17) is 4.74 Å². The first kappa shape index (κ1) is 16.1. The third-order valence-corrected chi connectivity index (χ3v) is 4.75. The van der Waals surface area contributed by atoms with Gasteiger partial charge in [0.25, 0.3) is 0 Å². The van der Waals surface area contributed by atoms with Gasteiger partial charge < -0.3 is 19.6 Å². The molecule has 1 saturated heterocycles. The normalized spacial score (nSPS) is 15.6. The van der Waals surface area contributed by atoms with Gasteiger partial charge in [0.15, 0.2) is 0 Å². The summed E-state index contributed by atoms with van der Waals surface area (Å²) in [6.07, 6.45) is 0. The zero-order valence-electron chi connectivity index (χ0n) is 13.0. The van der Waals surface area contributed by atoms with E-state index in [-0.39, 0.29) is 0 Å². The Morgan fingerprint density at radius 2 is 1.65 bits per heavy atom. The molecule has 2 N–H and O–H groups in total. The van der Waals surface area contributed by atoms with Crippen LogP contribution in [0.25, 0.3) is 0 Å². The van der Waals surface area contributed by atoms with Crippen LogP contribution >= 0.6 is 15.9 Å². The molecule has 0 unspecified atom stereocenters. The van der Waals surface area contributed by atoms with Crippen LogP contribution in [0.2, 0.25) is 0 Å². The average molecular weight is 378 g/mol. The highest BCUT2D eigenvalue weighted by Crippen LogP contribution is 2.18. The molecule has 5 heteroatoms. The van der Waals surface area contributed by atoms with E-state index in [0.29, 0.717) is 5.75 Å². The first-order valence-electron chi connectivity index (χ1n) is 7.96. The van der Waals surface area contributed by atoms with Crippen molar-refractivity contribution in [1.29, 1.82) is 0 Å². The summed E-state index contributed by atoms with van der Waals surface area (Å²) >= 11 is 3.43. The topological polar surface area (TPSA) is 37.1 Å². The Hall–Kier alpha value is -1.72. The van der Waals surface area contributed by atoms with Crippen LogP contribution in [0.4, 0.5) is 5.69 Å². The van der Waals surface area contributed by atoms with Crippen LogP contribution in [-0.2, 0) is 0 Å². The zero-order valence-corrected chi connectivity index (χ0v) is 14.6. The van der Waals surface area contributed by atoms with Gasteiger partial charge in [-0.05, 0) is 48.5 Å². The maximum absolute atomic E-state index is 9.36. The maximum Gasteiger partial charge on any atom is 0.137 e. The summed E-state index contributed by atoms with van der Waals surface area (Å²) in [4.78, 5) is 3.95. The summed E-state index contributed by atoms with van der Waals surface area (Å²) in [5.41, 5.74) is 1.19. The maximum atomic E-state index is 9.36. The summed E-state index contributed by atoms with van der Waals surface area (Å²) in [7, 11) is 0. The average Bonchev–Trinajstić information content (AvgIpc) is 2.58. The van der Waals surface area contributed by atoms with Crippen molar-refractivity contribution in [2.24, 2.45) is 0 Å². The van der Waals surface area contributed by atoms with E-state index in [1.165, 1.54) is 5.69 Å². The van der Waals surface area contributed by atoms with E-state index < -0.39 is 0 Å². The molecule has 1 heterocycles. The van der Waals surface area contributed by atoms with E-state index >= 15 is 0 Å². The van der Waals surface area contributed by atoms with E-state index in [2.05, 4.69) is 20.8 Å². The lowest BCUT2D eigenvalue weighted by atomic mass is 10.2. The van der Waals surface area contributed by atoms with Gasteiger partial charge in [-0.15, -0.1) is 0 Å². The van der Waals surface area contributed by atoms with Crippen molar-refractivity contribution in [1.82, 2.24) is 0 Å². The molecule has 1 aliphatic rings. The van der Waals surface area contributed by atoms with Crippen molar-refractivity contribution < 1.29 is 14.7 Å². The second-order valence-corrected chi connectivity index (χ2v) is 6.72. The van der Waals surface area contributed by atoms with Crippen LogP contribution in [0.15, 0.2) is 53.0 Å². The van der Waals surface area contributed by atoms with Gasteiger partial charge in [0.1, 0.15) is 24.7 Å². The lowest BCUT2D eigenvalue weighted by molar-refractivity contribution is -0.900. The van der Waals surface area contributed by atoms with Gasteiger partial charge in [0, 0.05) is 10.2 Å². The minimum atomic E-state index is 0.322. The van der Waals surface area contributed by atoms with E-state index in [1.807, 2.05) is 36.4 Å². The Kier molecular flexibility index (Phi) is 5.41. The minimum absolute atomic E-state index is 0.322.